The van der Waals surface area contributed by atoms with Crippen molar-refractivity contribution in [1.82, 2.24) is 9.97 Å². The third-order valence-corrected chi connectivity index (χ3v) is 6.20. The summed E-state index contributed by atoms with van der Waals surface area (Å²) in [6, 6.07) is 15.8. The fourth-order valence-corrected chi connectivity index (χ4v) is 4.36. The molecular formula is C22H23N5O3S. The van der Waals surface area contributed by atoms with Crippen LogP contribution in [0.4, 0.5) is 17.2 Å². The number of benzene rings is 2. The van der Waals surface area contributed by atoms with Crippen molar-refractivity contribution in [2.24, 2.45) is 0 Å². The van der Waals surface area contributed by atoms with Crippen molar-refractivity contribution in [3.63, 3.8) is 0 Å². The van der Waals surface area contributed by atoms with E-state index in [-0.39, 0.29) is 10.6 Å². The average molecular weight is 438 g/mol. The summed E-state index contributed by atoms with van der Waals surface area (Å²) in [7, 11) is 1.65. The maximum Gasteiger partial charge on any atom is 0.343 e. The van der Waals surface area contributed by atoms with E-state index in [4.69, 9.17) is 4.74 Å². The summed E-state index contributed by atoms with van der Waals surface area (Å²) in [5, 5.41) is 12.3. The molecular weight excluding hydrogens is 414 g/mol. The number of nitro groups is 1. The summed E-state index contributed by atoms with van der Waals surface area (Å²) in [4.78, 5) is 25.2. The third-order valence-electron chi connectivity index (χ3n) is 5.20. The molecule has 2 aromatic carbocycles. The van der Waals surface area contributed by atoms with Crippen LogP contribution in [0.25, 0.3) is 0 Å². The standard InChI is InChI=1S/C22H23N5O3S/c1-16-3-9-19(10-4-16)31-22-20(27(28)29)21(23-15-24-22)26-13-11-25(12-14-26)17-5-7-18(30-2)8-6-17/h3-10,15H,11-14H2,1-2H3. The lowest BCUT2D eigenvalue weighted by molar-refractivity contribution is -0.387. The molecule has 0 atom stereocenters. The first-order chi connectivity index (χ1) is 15.0. The topological polar surface area (TPSA) is 84.6 Å². The first kappa shape index (κ1) is 20.9. The number of aromatic nitrogens is 2. The first-order valence-corrected chi connectivity index (χ1v) is 10.7. The van der Waals surface area contributed by atoms with E-state index >= 15 is 0 Å². The largest absolute Gasteiger partial charge is 0.497 e. The molecule has 0 bridgehead atoms. The summed E-state index contributed by atoms with van der Waals surface area (Å²) in [6.07, 6.45) is 1.41. The number of nitrogens with zero attached hydrogens (tertiary/aromatic N) is 5. The van der Waals surface area contributed by atoms with Crippen molar-refractivity contribution in [1.29, 1.82) is 0 Å². The maximum atomic E-state index is 11.9. The monoisotopic (exact) mass is 437 g/mol. The Morgan fingerprint density at radius 2 is 1.61 bits per heavy atom. The Labute approximate surface area is 185 Å². The van der Waals surface area contributed by atoms with Crippen LogP contribution in [-0.2, 0) is 0 Å². The van der Waals surface area contributed by atoms with Crippen LogP contribution in [0.2, 0.25) is 0 Å². The Hall–Kier alpha value is -3.33. The lowest BCUT2D eigenvalue weighted by Crippen LogP contribution is -2.47. The molecule has 0 aliphatic carbocycles. The molecule has 0 radical (unpaired) electrons. The summed E-state index contributed by atoms with van der Waals surface area (Å²) in [5.74, 6) is 1.20. The minimum Gasteiger partial charge on any atom is -0.497 e. The van der Waals surface area contributed by atoms with E-state index in [1.54, 1.807) is 7.11 Å². The van der Waals surface area contributed by atoms with E-state index in [9.17, 15) is 10.1 Å². The van der Waals surface area contributed by atoms with E-state index in [0.29, 0.717) is 23.9 Å². The molecule has 0 spiro atoms. The number of aryl methyl sites for hydroxylation is 1. The van der Waals surface area contributed by atoms with Crippen molar-refractivity contribution in [3.05, 3.63) is 70.5 Å². The number of rotatable bonds is 6. The molecule has 2 heterocycles. The predicted octanol–water partition coefficient (Wildman–Crippen LogP) is 4.18. The van der Waals surface area contributed by atoms with Crippen LogP contribution in [-0.4, -0.2) is 48.2 Å². The maximum absolute atomic E-state index is 11.9. The molecule has 0 N–H and O–H groups in total. The summed E-state index contributed by atoms with van der Waals surface area (Å²) in [6.45, 7) is 4.77. The van der Waals surface area contributed by atoms with Crippen LogP contribution in [0, 0.1) is 17.0 Å². The number of piperazine rings is 1. The fraction of sp³-hybridized carbons (Fsp3) is 0.273. The van der Waals surface area contributed by atoms with Gasteiger partial charge in [0, 0.05) is 36.8 Å². The first-order valence-electron chi connectivity index (χ1n) is 9.93. The van der Waals surface area contributed by atoms with Gasteiger partial charge in [-0.3, -0.25) is 10.1 Å². The van der Waals surface area contributed by atoms with Gasteiger partial charge in [-0.2, -0.15) is 0 Å². The highest BCUT2D eigenvalue weighted by Crippen LogP contribution is 2.38. The van der Waals surface area contributed by atoms with Crippen molar-refractivity contribution in [2.45, 2.75) is 16.8 Å². The third kappa shape index (κ3) is 4.72. The normalized spacial score (nSPS) is 13.9. The van der Waals surface area contributed by atoms with Crippen molar-refractivity contribution in [3.8, 4) is 5.75 Å². The SMILES string of the molecule is COc1ccc(N2CCN(c3ncnc(Sc4ccc(C)cc4)c3[N+](=O)[O-])CC2)cc1. The summed E-state index contributed by atoms with van der Waals surface area (Å²) in [5.41, 5.74) is 2.20. The lowest BCUT2D eigenvalue weighted by atomic mass is 10.2. The van der Waals surface area contributed by atoms with Crippen LogP contribution in [0.5, 0.6) is 5.75 Å². The Morgan fingerprint density at radius 1 is 0.968 bits per heavy atom. The van der Waals surface area contributed by atoms with Crippen molar-refractivity contribution in [2.75, 3.05) is 43.1 Å². The van der Waals surface area contributed by atoms with Crippen LogP contribution >= 0.6 is 11.8 Å². The highest BCUT2D eigenvalue weighted by molar-refractivity contribution is 7.99. The van der Waals surface area contributed by atoms with Gasteiger partial charge in [-0.25, -0.2) is 9.97 Å². The minimum absolute atomic E-state index is 0.0361. The second-order valence-electron chi connectivity index (χ2n) is 7.20. The smallest absolute Gasteiger partial charge is 0.343 e. The molecule has 4 rings (SSSR count). The van der Waals surface area contributed by atoms with Gasteiger partial charge in [0.2, 0.25) is 5.82 Å². The molecule has 1 aliphatic heterocycles. The van der Waals surface area contributed by atoms with Crippen LogP contribution < -0.4 is 14.5 Å². The fourth-order valence-electron chi connectivity index (χ4n) is 3.51. The molecule has 1 saturated heterocycles. The zero-order chi connectivity index (χ0) is 21.8. The minimum atomic E-state index is -0.373. The second kappa shape index (κ2) is 9.22. The van der Waals surface area contributed by atoms with Gasteiger partial charge in [-0.15, -0.1) is 0 Å². The van der Waals surface area contributed by atoms with Crippen molar-refractivity contribution >= 4 is 29.0 Å². The Morgan fingerprint density at radius 3 is 2.23 bits per heavy atom. The van der Waals surface area contributed by atoms with E-state index < -0.39 is 0 Å². The molecule has 9 heteroatoms. The van der Waals surface area contributed by atoms with Crippen LogP contribution in [0.1, 0.15) is 5.56 Å². The molecule has 1 aliphatic rings. The van der Waals surface area contributed by atoms with Gasteiger partial charge in [-0.1, -0.05) is 29.5 Å². The molecule has 3 aromatic rings. The molecule has 0 amide bonds. The van der Waals surface area contributed by atoms with E-state index in [0.717, 1.165) is 35.0 Å². The van der Waals surface area contributed by atoms with Gasteiger partial charge >= 0.3 is 5.69 Å². The lowest BCUT2D eigenvalue weighted by Gasteiger charge is -2.36. The highest BCUT2D eigenvalue weighted by Gasteiger charge is 2.29. The van der Waals surface area contributed by atoms with E-state index in [1.165, 1.54) is 18.1 Å². The summed E-state index contributed by atoms with van der Waals surface area (Å²) < 4.78 is 5.22. The highest BCUT2D eigenvalue weighted by atomic mass is 32.2. The number of anilines is 2. The quantitative estimate of drug-likeness (QED) is 0.323. The molecule has 1 aromatic heterocycles. The summed E-state index contributed by atoms with van der Waals surface area (Å²) >= 11 is 1.29. The molecule has 31 heavy (non-hydrogen) atoms. The Kier molecular flexibility index (Phi) is 6.22. The number of ether oxygens (including phenoxy) is 1. The Balaban J connectivity index is 1.52. The molecule has 1 fully saturated rings. The van der Waals surface area contributed by atoms with Gasteiger partial charge in [0.1, 0.15) is 12.1 Å². The van der Waals surface area contributed by atoms with Gasteiger partial charge in [0.25, 0.3) is 0 Å². The number of hydrogen-bond donors (Lipinski definition) is 0. The zero-order valence-electron chi connectivity index (χ0n) is 17.4. The van der Waals surface area contributed by atoms with Gasteiger partial charge < -0.3 is 14.5 Å². The molecule has 8 nitrogen and oxygen atoms in total. The molecule has 0 saturated carbocycles. The Bertz CT molecular complexity index is 1050. The van der Waals surface area contributed by atoms with Gasteiger partial charge in [-0.05, 0) is 43.3 Å². The second-order valence-corrected chi connectivity index (χ2v) is 8.26. The zero-order valence-corrected chi connectivity index (χ0v) is 18.2. The van der Waals surface area contributed by atoms with E-state index in [2.05, 4.69) is 14.9 Å². The number of methoxy groups -OCH3 is 1. The van der Waals surface area contributed by atoms with E-state index in [1.807, 2.05) is 60.4 Å². The van der Waals surface area contributed by atoms with Gasteiger partial charge in [0.05, 0.1) is 12.0 Å². The van der Waals surface area contributed by atoms with Crippen LogP contribution in [0.3, 0.4) is 0 Å². The molecule has 0 unspecified atom stereocenters. The molecule has 160 valence electrons. The predicted molar refractivity (Wildman–Crippen MR) is 121 cm³/mol. The van der Waals surface area contributed by atoms with Crippen LogP contribution in [0.15, 0.2) is 64.8 Å². The van der Waals surface area contributed by atoms with Gasteiger partial charge in [0.15, 0.2) is 5.03 Å². The number of hydrogen-bond acceptors (Lipinski definition) is 8. The average Bonchev–Trinajstić information content (AvgIpc) is 2.80. The van der Waals surface area contributed by atoms with Crippen molar-refractivity contribution < 1.29 is 9.66 Å².